The Morgan fingerprint density at radius 3 is 2.55 bits per heavy atom. The Kier molecular flexibility index (Phi) is 7.19. The Labute approximate surface area is 193 Å². The van der Waals surface area contributed by atoms with Gasteiger partial charge in [0, 0.05) is 24.4 Å². The molecule has 0 radical (unpaired) electrons. The number of nitrogens with one attached hydrogen (secondary N) is 4. The van der Waals surface area contributed by atoms with Crippen LogP contribution in [0.25, 0.3) is 11.0 Å². The van der Waals surface area contributed by atoms with Crippen molar-refractivity contribution in [2.24, 2.45) is 0 Å². The van der Waals surface area contributed by atoms with Crippen molar-refractivity contribution in [3.8, 4) is 11.5 Å². The van der Waals surface area contributed by atoms with Crippen LogP contribution in [-0.4, -0.2) is 45.0 Å². The third kappa shape index (κ3) is 5.55. The first-order valence-corrected chi connectivity index (χ1v) is 10.3. The number of nitrogens with zero attached hydrogens (tertiary/aromatic N) is 2. The maximum Gasteiger partial charge on any atom is 0.228 e. The molecule has 1 amide bonds. The molecular formula is C19H21Cl3N6O3. The van der Waals surface area contributed by atoms with E-state index in [1.165, 1.54) is 0 Å². The summed E-state index contributed by atoms with van der Waals surface area (Å²) in [6.07, 6.45) is 0.904. The molecule has 0 bridgehead atoms. The zero-order chi connectivity index (χ0) is 22.6. The van der Waals surface area contributed by atoms with Gasteiger partial charge in [0.15, 0.2) is 11.5 Å². The SMILES string of the molecule is CCC(=O)NC(Nc1nc(Nc2ccc(OC)c(OC)c2)c2cc[nH]c2n1)C(Cl)(Cl)Cl. The number of rotatable bonds is 8. The number of carbonyl (C=O) groups is 1. The maximum atomic E-state index is 11.8. The van der Waals surface area contributed by atoms with Crippen LogP contribution in [-0.2, 0) is 4.79 Å². The molecule has 2 aromatic heterocycles. The van der Waals surface area contributed by atoms with Gasteiger partial charge in [-0.2, -0.15) is 9.97 Å². The summed E-state index contributed by atoms with van der Waals surface area (Å²) in [6, 6.07) is 7.20. The van der Waals surface area contributed by atoms with Gasteiger partial charge in [-0.05, 0) is 18.2 Å². The number of H-pyrrole nitrogens is 1. The number of anilines is 3. The second-order valence-electron chi connectivity index (χ2n) is 6.37. The van der Waals surface area contributed by atoms with Gasteiger partial charge >= 0.3 is 0 Å². The van der Waals surface area contributed by atoms with Crippen molar-refractivity contribution in [2.45, 2.75) is 23.3 Å². The number of hydrogen-bond acceptors (Lipinski definition) is 7. The average Bonchev–Trinajstić information content (AvgIpc) is 3.21. The van der Waals surface area contributed by atoms with E-state index in [-0.39, 0.29) is 18.3 Å². The van der Waals surface area contributed by atoms with Gasteiger partial charge in [-0.3, -0.25) is 4.79 Å². The summed E-state index contributed by atoms with van der Waals surface area (Å²) in [7, 11) is 3.12. The lowest BCUT2D eigenvalue weighted by Gasteiger charge is -2.26. The van der Waals surface area contributed by atoms with E-state index in [9.17, 15) is 4.79 Å². The number of amides is 1. The molecular weight excluding hydrogens is 467 g/mol. The molecule has 0 saturated carbocycles. The Morgan fingerprint density at radius 2 is 1.90 bits per heavy atom. The number of methoxy groups -OCH3 is 2. The fourth-order valence-electron chi connectivity index (χ4n) is 2.74. The third-order valence-electron chi connectivity index (χ3n) is 4.29. The van der Waals surface area contributed by atoms with Crippen molar-refractivity contribution >= 4 is 69.2 Å². The van der Waals surface area contributed by atoms with Gasteiger partial charge in [0.1, 0.15) is 17.6 Å². The van der Waals surface area contributed by atoms with Crippen molar-refractivity contribution in [1.29, 1.82) is 0 Å². The second kappa shape index (κ2) is 9.67. The minimum absolute atomic E-state index is 0.144. The lowest BCUT2D eigenvalue weighted by Crippen LogP contribution is -2.49. The molecule has 1 unspecified atom stereocenters. The molecule has 12 heteroatoms. The normalized spacial score (nSPS) is 12.3. The monoisotopic (exact) mass is 486 g/mol. The van der Waals surface area contributed by atoms with E-state index < -0.39 is 9.96 Å². The van der Waals surface area contributed by atoms with E-state index >= 15 is 0 Å². The van der Waals surface area contributed by atoms with Crippen LogP contribution in [0, 0.1) is 0 Å². The fourth-order valence-corrected chi connectivity index (χ4v) is 3.07. The molecule has 3 rings (SSSR count). The van der Waals surface area contributed by atoms with E-state index in [1.807, 2.05) is 12.1 Å². The predicted molar refractivity (Wildman–Crippen MR) is 123 cm³/mol. The lowest BCUT2D eigenvalue weighted by molar-refractivity contribution is -0.121. The number of carbonyl (C=O) groups excluding carboxylic acids is 1. The zero-order valence-corrected chi connectivity index (χ0v) is 19.2. The second-order valence-corrected chi connectivity index (χ2v) is 8.74. The van der Waals surface area contributed by atoms with Gasteiger partial charge in [-0.25, -0.2) is 0 Å². The number of halogens is 3. The molecule has 0 aliphatic rings. The summed E-state index contributed by atoms with van der Waals surface area (Å²) in [5, 5.41) is 9.46. The van der Waals surface area contributed by atoms with Crippen LogP contribution < -0.4 is 25.4 Å². The van der Waals surface area contributed by atoms with Crippen molar-refractivity contribution in [3.05, 3.63) is 30.5 Å². The van der Waals surface area contributed by atoms with Gasteiger partial charge in [0.2, 0.25) is 15.6 Å². The molecule has 3 aromatic rings. The zero-order valence-electron chi connectivity index (χ0n) is 16.9. The molecule has 166 valence electrons. The molecule has 9 nitrogen and oxygen atoms in total. The fraction of sp³-hybridized carbons (Fsp3) is 0.316. The minimum atomic E-state index is -1.84. The van der Waals surface area contributed by atoms with Crippen LogP contribution >= 0.6 is 34.8 Å². The minimum Gasteiger partial charge on any atom is -0.493 e. The average molecular weight is 488 g/mol. The summed E-state index contributed by atoms with van der Waals surface area (Å²) < 4.78 is 8.78. The number of aromatic nitrogens is 3. The molecule has 0 aliphatic carbocycles. The van der Waals surface area contributed by atoms with Crippen LogP contribution in [0.4, 0.5) is 17.5 Å². The summed E-state index contributed by atoms with van der Waals surface area (Å²) in [4.78, 5) is 23.8. The maximum absolute atomic E-state index is 11.8. The first-order chi connectivity index (χ1) is 14.7. The van der Waals surface area contributed by atoms with E-state index in [2.05, 4.69) is 30.9 Å². The number of aromatic amines is 1. The summed E-state index contributed by atoms with van der Waals surface area (Å²) in [5.41, 5.74) is 1.26. The first-order valence-electron chi connectivity index (χ1n) is 9.22. The van der Waals surface area contributed by atoms with Crippen LogP contribution in [0.5, 0.6) is 11.5 Å². The highest BCUT2D eigenvalue weighted by Gasteiger charge is 2.34. The largest absolute Gasteiger partial charge is 0.493 e. The van der Waals surface area contributed by atoms with Crippen LogP contribution in [0.3, 0.4) is 0 Å². The Morgan fingerprint density at radius 1 is 1.16 bits per heavy atom. The molecule has 0 aliphatic heterocycles. The lowest BCUT2D eigenvalue weighted by atomic mass is 10.2. The number of benzene rings is 1. The molecule has 31 heavy (non-hydrogen) atoms. The molecule has 4 N–H and O–H groups in total. The summed E-state index contributed by atoms with van der Waals surface area (Å²) >= 11 is 18.1. The number of ether oxygens (including phenoxy) is 2. The number of fused-ring (bicyclic) bond motifs is 1. The number of alkyl halides is 3. The van der Waals surface area contributed by atoms with Gasteiger partial charge in [0.25, 0.3) is 0 Å². The smallest absolute Gasteiger partial charge is 0.228 e. The van der Waals surface area contributed by atoms with E-state index in [4.69, 9.17) is 44.3 Å². The predicted octanol–water partition coefficient (Wildman–Crippen LogP) is 4.35. The van der Waals surface area contributed by atoms with Gasteiger partial charge in [-0.15, -0.1) is 0 Å². The van der Waals surface area contributed by atoms with Crippen molar-refractivity contribution in [3.63, 3.8) is 0 Å². The Balaban J connectivity index is 1.94. The summed E-state index contributed by atoms with van der Waals surface area (Å²) in [5.74, 6) is 1.50. The molecule has 1 aromatic carbocycles. The number of hydrogen-bond donors (Lipinski definition) is 4. The van der Waals surface area contributed by atoms with Crippen LogP contribution in [0.1, 0.15) is 13.3 Å². The van der Waals surface area contributed by atoms with E-state index in [0.29, 0.717) is 28.7 Å². The molecule has 0 saturated heterocycles. The molecule has 0 spiro atoms. The molecule has 1 atom stereocenters. The Hall–Kier alpha value is -2.62. The first kappa shape index (κ1) is 23.1. The van der Waals surface area contributed by atoms with Gasteiger partial charge in [-0.1, -0.05) is 41.7 Å². The van der Waals surface area contributed by atoms with Gasteiger partial charge in [0.05, 0.1) is 19.6 Å². The van der Waals surface area contributed by atoms with Crippen LogP contribution in [0.15, 0.2) is 30.5 Å². The summed E-state index contributed by atoms with van der Waals surface area (Å²) in [6.45, 7) is 1.69. The van der Waals surface area contributed by atoms with Crippen molar-refractivity contribution < 1.29 is 14.3 Å². The Bertz CT molecular complexity index is 1070. The highest BCUT2D eigenvalue weighted by molar-refractivity contribution is 6.68. The molecule has 2 heterocycles. The van der Waals surface area contributed by atoms with Crippen molar-refractivity contribution in [1.82, 2.24) is 20.3 Å². The van der Waals surface area contributed by atoms with Gasteiger partial charge < -0.3 is 30.4 Å². The highest BCUT2D eigenvalue weighted by Crippen LogP contribution is 2.34. The topological polar surface area (TPSA) is 113 Å². The highest BCUT2D eigenvalue weighted by atomic mass is 35.6. The van der Waals surface area contributed by atoms with Crippen LogP contribution in [0.2, 0.25) is 0 Å². The van der Waals surface area contributed by atoms with E-state index in [0.717, 1.165) is 5.39 Å². The van der Waals surface area contributed by atoms with E-state index in [1.54, 1.807) is 39.5 Å². The third-order valence-corrected chi connectivity index (χ3v) is 4.94. The molecule has 0 fully saturated rings. The quantitative estimate of drug-likeness (QED) is 0.276. The standard InChI is InChI=1S/C19H21Cl3N6O3/c1-4-14(29)25-17(19(20,21)22)28-18-26-15-11(7-8-23-15)16(27-18)24-10-5-6-12(30-2)13(9-10)31-3/h5-9,17H,4H2,1-3H3,(H,25,29)(H3,23,24,26,27,28). The van der Waals surface area contributed by atoms with Crippen molar-refractivity contribution in [2.75, 3.05) is 24.9 Å².